The van der Waals surface area contributed by atoms with E-state index in [0.29, 0.717) is 36.8 Å². The minimum atomic E-state index is -3.42. The summed E-state index contributed by atoms with van der Waals surface area (Å²) in [7, 11) is -1.83. The molecular formula is C19H25N3O4S2. The Labute approximate surface area is 170 Å². The van der Waals surface area contributed by atoms with Gasteiger partial charge in [-0.25, -0.2) is 8.42 Å². The molecule has 9 heteroatoms. The largest absolute Gasteiger partial charge is 0.496 e. The molecule has 152 valence electrons. The van der Waals surface area contributed by atoms with Crippen LogP contribution in [0, 0.1) is 0 Å². The van der Waals surface area contributed by atoms with Crippen molar-refractivity contribution in [3.63, 3.8) is 0 Å². The number of piperazine rings is 1. The van der Waals surface area contributed by atoms with E-state index in [4.69, 9.17) is 4.74 Å². The average Bonchev–Trinajstić information content (AvgIpc) is 3.26. The van der Waals surface area contributed by atoms with Crippen LogP contribution >= 0.6 is 11.3 Å². The van der Waals surface area contributed by atoms with Crippen LogP contribution in [0.2, 0.25) is 0 Å². The molecule has 0 aliphatic carbocycles. The highest BCUT2D eigenvalue weighted by atomic mass is 32.2. The molecule has 2 aromatic rings. The molecule has 3 rings (SSSR count). The van der Waals surface area contributed by atoms with E-state index in [-0.39, 0.29) is 24.7 Å². The monoisotopic (exact) mass is 423 g/mol. The zero-order valence-corrected chi connectivity index (χ0v) is 17.5. The fraction of sp³-hybridized carbons (Fsp3) is 0.421. The van der Waals surface area contributed by atoms with Gasteiger partial charge in [0, 0.05) is 44.8 Å². The van der Waals surface area contributed by atoms with E-state index in [1.54, 1.807) is 18.1 Å². The minimum Gasteiger partial charge on any atom is -0.496 e. The Kier molecular flexibility index (Phi) is 7.06. The first kappa shape index (κ1) is 20.8. The molecule has 1 aromatic carbocycles. The predicted molar refractivity (Wildman–Crippen MR) is 110 cm³/mol. The molecule has 0 radical (unpaired) electrons. The van der Waals surface area contributed by atoms with Crippen molar-refractivity contribution in [2.24, 2.45) is 0 Å². The summed E-state index contributed by atoms with van der Waals surface area (Å²) >= 11 is 1.35. The molecule has 0 bridgehead atoms. The van der Waals surface area contributed by atoms with Gasteiger partial charge < -0.3 is 15.0 Å². The molecular weight excluding hydrogens is 398 g/mol. The van der Waals surface area contributed by atoms with Crippen LogP contribution in [0.1, 0.15) is 15.2 Å². The normalized spacial score (nSPS) is 15.3. The number of benzene rings is 1. The maximum atomic E-state index is 13.0. The number of nitrogens with zero attached hydrogens (tertiary/aromatic N) is 2. The number of thiophene rings is 1. The first-order valence-electron chi connectivity index (χ1n) is 9.14. The van der Waals surface area contributed by atoms with Crippen LogP contribution in [-0.4, -0.2) is 69.1 Å². The van der Waals surface area contributed by atoms with Gasteiger partial charge >= 0.3 is 0 Å². The fourth-order valence-electron chi connectivity index (χ4n) is 3.12. The smallest absolute Gasteiger partial charge is 0.264 e. The van der Waals surface area contributed by atoms with Gasteiger partial charge in [0.1, 0.15) is 5.75 Å². The Hall–Kier alpha value is -1.94. The Balaban J connectivity index is 1.77. The van der Waals surface area contributed by atoms with Crippen molar-refractivity contribution in [3.8, 4) is 5.75 Å². The Morgan fingerprint density at radius 1 is 1.21 bits per heavy atom. The highest BCUT2D eigenvalue weighted by Crippen LogP contribution is 2.21. The number of carbonyl (C=O) groups excluding carboxylic acids is 1. The number of ether oxygens (including phenoxy) is 1. The molecule has 1 amide bonds. The van der Waals surface area contributed by atoms with Gasteiger partial charge in [-0.2, -0.15) is 4.31 Å². The molecule has 1 aliphatic heterocycles. The van der Waals surface area contributed by atoms with Crippen molar-refractivity contribution in [2.45, 2.75) is 6.54 Å². The van der Waals surface area contributed by atoms with Gasteiger partial charge in [-0.15, -0.1) is 11.3 Å². The Morgan fingerprint density at radius 3 is 2.64 bits per heavy atom. The summed E-state index contributed by atoms with van der Waals surface area (Å²) in [4.78, 5) is 15.2. The number of sulfonamides is 1. The zero-order chi connectivity index (χ0) is 20.0. The van der Waals surface area contributed by atoms with Crippen molar-refractivity contribution < 1.29 is 17.9 Å². The topological polar surface area (TPSA) is 79.0 Å². The van der Waals surface area contributed by atoms with Gasteiger partial charge in [0.2, 0.25) is 10.0 Å². The van der Waals surface area contributed by atoms with Gasteiger partial charge in [0.15, 0.2) is 0 Å². The maximum absolute atomic E-state index is 13.0. The number of hydrogen-bond donors (Lipinski definition) is 1. The van der Waals surface area contributed by atoms with Gasteiger partial charge in [-0.1, -0.05) is 24.3 Å². The maximum Gasteiger partial charge on any atom is 0.264 e. The van der Waals surface area contributed by atoms with Crippen molar-refractivity contribution in [1.82, 2.24) is 14.5 Å². The SMILES string of the molecule is COc1ccccc1CN(CCS(=O)(=O)N1CCNCC1)C(=O)c1cccs1. The fourth-order valence-corrected chi connectivity index (χ4v) is 5.26. The summed E-state index contributed by atoms with van der Waals surface area (Å²) in [5, 5.41) is 4.99. The summed E-state index contributed by atoms with van der Waals surface area (Å²) < 4.78 is 32.3. The molecule has 0 spiro atoms. The van der Waals surface area contributed by atoms with Crippen molar-refractivity contribution in [2.75, 3.05) is 45.6 Å². The highest BCUT2D eigenvalue weighted by Gasteiger charge is 2.26. The van der Waals surface area contributed by atoms with Gasteiger partial charge in [-0.3, -0.25) is 4.79 Å². The van der Waals surface area contributed by atoms with Crippen LogP contribution < -0.4 is 10.1 Å². The number of para-hydroxylation sites is 1. The van der Waals surface area contributed by atoms with Crippen LogP contribution in [-0.2, 0) is 16.6 Å². The van der Waals surface area contributed by atoms with E-state index in [2.05, 4.69) is 5.32 Å². The lowest BCUT2D eigenvalue weighted by molar-refractivity contribution is 0.0757. The molecule has 1 aromatic heterocycles. The first-order valence-corrected chi connectivity index (χ1v) is 11.6. The quantitative estimate of drug-likeness (QED) is 0.698. The molecule has 0 saturated carbocycles. The van der Waals surface area contributed by atoms with Crippen molar-refractivity contribution in [1.29, 1.82) is 0 Å². The molecule has 28 heavy (non-hydrogen) atoms. The third-order valence-corrected chi connectivity index (χ3v) is 7.37. The molecule has 1 fully saturated rings. The van der Waals surface area contributed by atoms with Crippen LogP contribution in [0.25, 0.3) is 0 Å². The highest BCUT2D eigenvalue weighted by molar-refractivity contribution is 7.89. The number of nitrogens with one attached hydrogen (secondary N) is 1. The van der Waals surface area contributed by atoms with Crippen LogP contribution in [0.4, 0.5) is 0 Å². The number of methoxy groups -OCH3 is 1. The van der Waals surface area contributed by atoms with E-state index < -0.39 is 10.0 Å². The second-order valence-electron chi connectivity index (χ2n) is 6.48. The van der Waals surface area contributed by atoms with E-state index in [1.807, 2.05) is 35.7 Å². The Morgan fingerprint density at radius 2 is 1.96 bits per heavy atom. The minimum absolute atomic E-state index is 0.0980. The lowest BCUT2D eigenvalue weighted by Gasteiger charge is -2.28. The molecule has 1 saturated heterocycles. The number of amides is 1. The van der Waals surface area contributed by atoms with Gasteiger partial charge in [0.05, 0.1) is 17.7 Å². The van der Waals surface area contributed by atoms with E-state index in [9.17, 15) is 13.2 Å². The van der Waals surface area contributed by atoms with E-state index in [1.165, 1.54) is 15.6 Å². The summed E-state index contributed by atoms with van der Waals surface area (Å²) in [5.74, 6) is 0.409. The second-order valence-corrected chi connectivity index (χ2v) is 9.52. The van der Waals surface area contributed by atoms with E-state index >= 15 is 0 Å². The van der Waals surface area contributed by atoms with Gasteiger partial charge in [0.25, 0.3) is 5.91 Å². The lowest BCUT2D eigenvalue weighted by atomic mass is 10.2. The summed E-state index contributed by atoms with van der Waals surface area (Å²) in [6.45, 7) is 2.65. The molecule has 0 unspecified atom stereocenters. The first-order chi connectivity index (χ1) is 13.5. The van der Waals surface area contributed by atoms with Crippen LogP contribution in [0.3, 0.4) is 0 Å². The third-order valence-electron chi connectivity index (χ3n) is 4.66. The van der Waals surface area contributed by atoms with Crippen LogP contribution in [0.5, 0.6) is 5.75 Å². The Bertz CT molecular complexity index is 878. The number of hydrogen-bond acceptors (Lipinski definition) is 6. The van der Waals surface area contributed by atoms with E-state index in [0.717, 1.165) is 5.56 Å². The van der Waals surface area contributed by atoms with Gasteiger partial charge in [-0.05, 0) is 17.5 Å². The number of rotatable bonds is 8. The molecule has 0 atom stereocenters. The molecule has 1 N–H and O–H groups in total. The average molecular weight is 424 g/mol. The van der Waals surface area contributed by atoms with Crippen molar-refractivity contribution >= 4 is 27.3 Å². The lowest BCUT2D eigenvalue weighted by Crippen LogP contribution is -2.48. The molecule has 1 aliphatic rings. The predicted octanol–water partition coefficient (Wildman–Crippen LogP) is 1.63. The zero-order valence-electron chi connectivity index (χ0n) is 15.8. The second kappa shape index (κ2) is 9.51. The standard InChI is InChI=1S/C19H25N3O4S2/c1-26-17-6-3-2-5-16(17)15-21(19(23)18-7-4-13-27-18)12-14-28(24,25)22-10-8-20-9-11-22/h2-7,13,20H,8-12,14-15H2,1H3. The summed E-state index contributed by atoms with van der Waals surface area (Å²) in [5.41, 5.74) is 0.842. The molecule has 2 heterocycles. The summed E-state index contributed by atoms with van der Waals surface area (Å²) in [6.07, 6.45) is 0. The molecule has 7 nitrogen and oxygen atoms in total. The third kappa shape index (κ3) is 5.11. The van der Waals surface area contributed by atoms with Crippen LogP contribution in [0.15, 0.2) is 41.8 Å². The van der Waals surface area contributed by atoms with Crippen molar-refractivity contribution in [3.05, 3.63) is 52.2 Å². The summed E-state index contributed by atoms with van der Waals surface area (Å²) in [6, 6.07) is 11.0. The number of carbonyl (C=O) groups is 1.